The zero-order chi connectivity index (χ0) is 17.3. The van der Waals surface area contributed by atoms with E-state index in [0.29, 0.717) is 6.54 Å². The summed E-state index contributed by atoms with van der Waals surface area (Å²) in [7, 11) is 0. The van der Waals surface area contributed by atoms with Crippen LogP contribution in [0.25, 0.3) is 0 Å². The summed E-state index contributed by atoms with van der Waals surface area (Å²) in [5.74, 6) is -0.235. The number of halogens is 3. The number of nitrogens with one attached hydrogen (secondary N) is 1. The van der Waals surface area contributed by atoms with Crippen LogP contribution in [0.1, 0.15) is 26.7 Å². The van der Waals surface area contributed by atoms with Gasteiger partial charge >= 0.3 is 6.36 Å². The summed E-state index contributed by atoms with van der Waals surface area (Å²) in [6.45, 7) is 4.63. The van der Waals surface area contributed by atoms with Crippen molar-refractivity contribution in [2.75, 3.05) is 18.5 Å². The van der Waals surface area contributed by atoms with Crippen LogP contribution in [0.2, 0.25) is 0 Å². The van der Waals surface area contributed by atoms with E-state index in [1.54, 1.807) is 18.2 Å². The first-order valence-corrected chi connectivity index (χ1v) is 7.32. The molecule has 0 aliphatic heterocycles. The van der Waals surface area contributed by atoms with Crippen LogP contribution in [0.5, 0.6) is 5.75 Å². The molecule has 1 aromatic carbocycles. The van der Waals surface area contributed by atoms with Gasteiger partial charge in [-0.3, -0.25) is 0 Å². The Morgan fingerprint density at radius 1 is 1.13 bits per heavy atom. The molecule has 128 valence electrons. The lowest BCUT2D eigenvalue weighted by Gasteiger charge is -2.10. The molecule has 0 amide bonds. The fourth-order valence-electron chi connectivity index (χ4n) is 1.89. The summed E-state index contributed by atoms with van der Waals surface area (Å²) in [4.78, 5) is 0. The molecule has 2 N–H and O–H groups in total. The minimum absolute atomic E-state index is 0.0597. The minimum Gasteiger partial charge on any atom is -0.406 e. The van der Waals surface area contributed by atoms with Gasteiger partial charge in [-0.1, -0.05) is 23.3 Å². The van der Waals surface area contributed by atoms with Gasteiger partial charge in [-0.2, -0.15) is 0 Å². The fraction of sp³-hybridized carbons (Fsp3) is 0.412. The van der Waals surface area contributed by atoms with E-state index in [-0.39, 0.29) is 12.4 Å². The van der Waals surface area contributed by atoms with E-state index in [1.807, 2.05) is 13.8 Å². The zero-order valence-corrected chi connectivity index (χ0v) is 13.3. The van der Waals surface area contributed by atoms with E-state index in [0.717, 1.165) is 29.7 Å². The maximum Gasteiger partial charge on any atom is 0.573 e. The number of aliphatic hydroxyl groups is 1. The number of rotatable bonds is 8. The number of hydrogen-bond acceptors (Lipinski definition) is 3. The molecule has 0 spiro atoms. The Bertz CT molecular complexity index is 534. The van der Waals surface area contributed by atoms with E-state index in [1.165, 1.54) is 12.1 Å². The van der Waals surface area contributed by atoms with Crippen LogP contribution in [0.15, 0.2) is 47.6 Å². The topological polar surface area (TPSA) is 41.5 Å². The van der Waals surface area contributed by atoms with Crippen molar-refractivity contribution < 1.29 is 23.0 Å². The Balaban J connectivity index is 2.41. The van der Waals surface area contributed by atoms with Gasteiger partial charge in [0.05, 0.1) is 6.61 Å². The number of hydrogen-bond donors (Lipinski definition) is 2. The van der Waals surface area contributed by atoms with Crippen molar-refractivity contribution in [2.24, 2.45) is 0 Å². The van der Waals surface area contributed by atoms with Crippen LogP contribution in [-0.2, 0) is 0 Å². The maximum absolute atomic E-state index is 12.1. The van der Waals surface area contributed by atoms with Gasteiger partial charge in [-0.25, -0.2) is 0 Å². The van der Waals surface area contributed by atoms with Gasteiger partial charge in [0.2, 0.25) is 0 Å². The molecule has 0 aromatic heterocycles. The summed E-state index contributed by atoms with van der Waals surface area (Å²) >= 11 is 0. The summed E-state index contributed by atoms with van der Waals surface area (Å²) in [5.41, 5.74) is 3.01. The second-order valence-corrected chi connectivity index (χ2v) is 5.25. The van der Waals surface area contributed by atoms with Crippen LogP contribution in [0, 0.1) is 0 Å². The highest BCUT2D eigenvalue weighted by Gasteiger charge is 2.30. The molecule has 3 nitrogen and oxygen atoms in total. The lowest BCUT2D eigenvalue weighted by Crippen LogP contribution is -2.17. The predicted octanol–water partition coefficient (Wildman–Crippen LogP) is 4.66. The number of ether oxygens (including phenoxy) is 1. The van der Waals surface area contributed by atoms with Crippen LogP contribution < -0.4 is 10.1 Å². The zero-order valence-electron chi connectivity index (χ0n) is 13.3. The van der Waals surface area contributed by atoms with Crippen molar-refractivity contribution >= 4 is 5.69 Å². The molecule has 0 aliphatic carbocycles. The van der Waals surface area contributed by atoms with Crippen molar-refractivity contribution in [1.82, 2.24) is 0 Å². The molecule has 0 saturated carbocycles. The molecule has 1 aromatic rings. The monoisotopic (exact) mass is 329 g/mol. The second-order valence-electron chi connectivity index (χ2n) is 5.25. The van der Waals surface area contributed by atoms with E-state index in [2.05, 4.69) is 16.1 Å². The highest BCUT2D eigenvalue weighted by molar-refractivity contribution is 5.47. The third-order valence-electron chi connectivity index (χ3n) is 3.13. The van der Waals surface area contributed by atoms with Crippen molar-refractivity contribution in [2.45, 2.75) is 33.1 Å². The van der Waals surface area contributed by atoms with Crippen LogP contribution in [0.4, 0.5) is 18.9 Å². The molecule has 0 saturated heterocycles. The lowest BCUT2D eigenvalue weighted by atomic mass is 10.1. The predicted molar refractivity (Wildman–Crippen MR) is 85.4 cm³/mol. The van der Waals surface area contributed by atoms with Gasteiger partial charge in [-0.05, 0) is 51.0 Å². The quantitative estimate of drug-likeness (QED) is 0.682. The average molecular weight is 329 g/mol. The molecule has 0 bridgehead atoms. The first-order chi connectivity index (χ1) is 10.8. The van der Waals surface area contributed by atoms with Crippen LogP contribution in [-0.4, -0.2) is 24.6 Å². The van der Waals surface area contributed by atoms with Gasteiger partial charge in [0.25, 0.3) is 0 Å². The third-order valence-corrected chi connectivity index (χ3v) is 3.13. The Hall–Kier alpha value is -1.95. The Labute approximate surface area is 134 Å². The van der Waals surface area contributed by atoms with Crippen molar-refractivity contribution in [1.29, 1.82) is 0 Å². The van der Waals surface area contributed by atoms with Gasteiger partial charge in [0.1, 0.15) is 5.75 Å². The highest BCUT2D eigenvalue weighted by atomic mass is 19.4. The Morgan fingerprint density at radius 3 is 2.35 bits per heavy atom. The van der Waals surface area contributed by atoms with Crippen molar-refractivity contribution in [3.63, 3.8) is 0 Å². The molecule has 0 heterocycles. The van der Waals surface area contributed by atoms with E-state index in [4.69, 9.17) is 5.11 Å². The molecular formula is C17H22F3NO2. The number of anilines is 1. The number of alkyl halides is 3. The van der Waals surface area contributed by atoms with Crippen molar-refractivity contribution in [3.8, 4) is 5.75 Å². The number of benzene rings is 1. The molecule has 0 unspecified atom stereocenters. The molecule has 1 rings (SSSR count). The van der Waals surface area contributed by atoms with E-state index in [9.17, 15) is 13.2 Å². The largest absolute Gasteiger partial charge is 0.573 e. The van der Waals surface area contributed by atoms with Gasteiger partial charge in [0.15, 0.2) is 0 Å². The normalized spacial score (nSPS) is 13.1. The molecule has 23 heavy (non-hydrogen) atoms. The second kappa shape index (κ2) is 9.25. The average Bonchev–Trinajstić information content (AvgIpc) is 2.45. The first kappa shape index (κ1) is 19.1. The molecule has 0 aliphatic rings. The molecule has 0 radical (unpaired) electrons. The Kier molecular flexibility index (Phi) is 7.68. The van der Waals surface area contributed by atoms with E-state index >= 15 is 0 Å². The summed E-state index contributed by atoms with van der Waals surface area (Å²) in [5, 5.41) is 11.9. The number of allylic oxidation sites excluding steroid dienone is 2. The Morgan fingerprint density at radius 2 is 1.78 bits per heavy atom. The molecule has 6 heteroatoms. The van der Waals surface area contributed by atoms with Gasteiger partial charge in [0, 0.05) is 12.2 Å². The van der Waals surface area contributed by atoms with Gasteiger partial charge < -0.3 is 15.2 Å². The molecular weight excluding hydrogens is 307 g/mol. The smallest absolute Gasteiger partial charge is 0.406 e. The lowest BCUT2D eigenvalue weighted by molar-refractivity contribution is -0.274. The summed E-state index contributed by atoms with van der Waals surface area (Å²) in [6.07, 6.45) is 0.987. The maximum atomic E-state index is 12.1. The number of aliphatic hydroxyl groups excluding tert-OH is 1. The van der Waals surface area contributed by atoms with Crippen LogP contribution in [0.3, 0.4) is 0 Å². The summed E-state index contributed by atoms with van der Waals surface area (Å²) < 4.78 is 40.0. The standard InChI is InChI=1S/C17H22F3NO2/c1-13(10-11-22)4-3-5-14(2)12-21-15-6-8-16(9-7-15)23-17(18,19)20/h5-10,21-22H,3-4,11-12H2,1-2H3/b13-10+,14-5+. The third kappa shape index (κ3) is 8.93. The van der Waals surface area contributed by atoms with Gasteiger partial charge in [-0.15, -0.1) is 13.2 Å². The van der Waals surface area contributed by atoms with Crippen molar-refractivity contribution in [3.05, 3.63) is 47.6 Å². The molecule has 0 fully saturated rings. The SMILES string of the molecule is C/C(=C\CO)CC/C=C(\C)CNc1ccc(OC(F)(F)F)cc1. The summed E-state index contributed by atoms with van der Waals surface area (Å²) in [6, 6.07) is 5.64. The van der Waals surface area contributed by atoms with E-state index < -0.39 is 6.36 Å². The fourth-order valence-corrected chi connectivity index (χ4v) is 1.89. The first-order valence-electron chi connectivity index (χ1n) is 7.32. The minimum atomic E-state index is -4.67. The highest BCUT2D eigenvalue weighted by Crippen LogP contribution is 2.24. The van der Waals surface area contributed by atoms with Crippen LogP contribution >= 0.6 is 0 Å². The molecule has 0 atom stereocenters.